The molecule has 2 heterocycles. The van der Waals surface area contributed by atoms with Crippen molar-refractivity contribution >= 4 is 28.4 Å². The third kappa shape index (κ3) is 4.32. The molecule has 0 radical (unpaired) electrons. The number of nitro benzene ring substituents is 1. The van der Waals surface area contributed by atoms with Crippen LogP contribution in [0.15, 0.2) is 68.9 Å². The van der Waals surface area contributed by atoms with E-state index in [0.717, 1.165) is 5.75 Å². The monoisotopic (exact) mass is 450 g/mol. The van der Waals surface area contributed by atoms with E-state index in [1.165, 1.54) is 28.2 Å². The van der Waals surface area contributed by atoms with Crippen LogP contribution in [0.5, 0.6) is 5.75 Å². The van der Waals surface area contributed by atoms with Gasteiger partial charge in [-0.05, 0) is 38.1 Å². The largest absolute Gasteiger partial charge is 0.494 e. The quantitative estimate of drug-likeness (QED) is 0.231. The SMILES string of the molecule is CCOc1ccc(N=Nc2c(C)[nH]n(-c3nc(-c4cccc([N+](=O)[O-])c4)cs3)c2=O)cc1. The van der Waals surface area contributed by atoms with Crippen LogP contribution in [0.3, 0.4) is 0 Å². The Morgan fingerprint density at radius 3 is 2.72 bits per heavy atom. The van der Waals surface area contributed by atoms with Gasteiger partial charge in [-0.2, -0.15) is 9.80 Å². The van der Waals surface area contributed by atoms with Crippen molar-refractivity contribution in [2.75, 3.05) is 6.61 Å². The fourth-order valence-electron chi connectivity index (χ4n) is 2.95. The minimum Gasteiger partial charge on any atom is -0.494 e. The molecule has 162 valence electrons. The lowest BCUT2D eigenvalue weighted by atomic mass is 10.1. The Bertz CT molecular complexity index is 1350. The Hall–Kier alpha value is -4.12. The van der Waals surface area contributed by atoms with Crippen LogP contribution in [-0.2, 0) is 0 Å². The summed E-state index contributed by atoms with van der Waals surface area (Å²) in [6.45, 7) is 4.20. The molecule has 0 atom stereocenters. The molecule has 0 amide bonds. The van der Waals surface area contributed by atoms with Gasteiger partial charge in [0.1, 0.15) is 5.75 Å². The Kier molecular flexibility index (Phi) is 5.90. The number of aromatic amines is 1. The van der Waals surface area contributed by atoms with Gasteiger partial charge in [0.2, 0.25) is 5.13 Å². The van der Waals surface area contributed by atoms with Gasteiger partial charge >= 0.3 is 5.56 Å². The summed E-state index contributed by atoms with van der Waals surface area (Å²) in [4.78, 5) is 27.9. The molecule has 1 N–H and O–H groups in total. The maximum absolute atomic E-state index is 12.9. The number of aryl methyl sites for hydroxylation is 1. The summed E-state index contributed by atoms with van der Waals surface area (Å²) in [6.07, 6.45) is 0. The minimum atomic E-state index is -0.461. The molecule has 4 aromatic rings. The highest BCUT2D eigenvalue weighted by Gasteiger charge is 2.16. The molecule has 0 aliphatic carbocycles. The van der Waals surface area contributed by atoms with Crippen LogP contribution in [0.1, 0.15) is 12.6 Å². The van der Waals surface area contributed by atoms with Gasteiger partial charge in [0.25, 0.3) is 5.69 Å². The zero-order valence-electron chi connectivity index (χ0n) is 17.2. The number of rotatable bonds is 7. The molecule has 0 saturated heterocycles. The van der Waals surface area contributed by atoms with Crippen LogP contribution >= 0.6 is 11.3 Å². The lowest BCUT2D eigenvalue weighted by molar-refractivity contribution is -0.384. The van der Waals surface area contributed by atoms with Crippen LogP contribution in [0.25, 0.3) is 16.4 Å². The van der Waals surface area contributed by atoms with Gasteiger partial charge in [0, 0.05) is 23.1 Å². The molecular weight excluding hydrogens is 432 g/mol. The second-order valence-electron chi connectivity index (χ2n) is 6.68. The molecule has 0 aliphatic rings. The van der Waals surface area contributed by atoms with E-state index >= 15 is 0 Å². The van der Waals surface area contributed by atoms with E-state index in [1.807, 2.05) is 6.92 Å². The van der Waals surface area contributed by atoms with Crippen molar-refractivity contribution < 1.29 is 9.66 Å². The van der Waals surface area contributed by atoms with Crippen molar-refractivity contribution in [3.05, 3.63) is 80.1 Å². The van der Waals surface area contributed by atoms with Gasteiger partial charge in [0.15, 0.2) is 5.69 Å². The van der Waals surface area contributed by atoms with E-state index in [-0.39, 0.29) is 11.4 Å². The third-order valence-electron chi connectivity index (χ3n) is 4.49. The number of aromatic nitrogens is 3. The molecule has 0 spiro atoms. The van der Waals surface area contributed by atoms with Gasteiger partial charge in [-0.3, -0.25) is 20.0 Å². The number of non-ortho nitro benzene ring substituents is 1. The topological polar surface area (TPSA) is 128 Å². The summed E-state index contributed by atoms with van der Waals surface area (Å²) in [6, 6.07) is 13.2. The highest BCUT2D eigenvalue weighted by atomic mass is 32.1. The highest BCUT2D eigenvalue weighted by Crippen LogP contribution is 2.27. The summed E-state index contributed by atoms with van der Waals surface area (Å²) >= 11 is 1.23. The number of nitro groups is 1. The maximum atomic E-state index is 12.9. The summed E-state index contributed by atoms with van der Waals surface area (Å²) in [7, 11) is 0. The van der Waals surface area contributed by atoms with E-state index in [4.69, 9.17) is 4.74 Å². The Labute approximate surface area is 186 Å². The molecule has 0 saturated carbocycles. The molecule has 0 fully saturated rings. The summed E-state index contributed by atoms with van der Waals surface area (Å²) in [5, 5.41) is 24.4. The molecule has 4 rings (SSSR count). The number of benzene rings is 2. The van der Waals surface area contributed by atoms with E-state index in [2.05, 4.69) is 20.3 Å². The first-order chi connectivity index (χ1) is 15.5. The van der Waals surface area contributed by atoms with Crippen LogP contribution in [0.2, 0.25) is 0 Å². The van der Waals surface area contributed by atoms with E-state index in [1.54, 1.807) is 48.7 Å². The average Bonchev–Trinajstić information content (AvgIpc) is 3.38. The number of ether oxygens (including phenoxy) is 1. The second kappa shape index (κ2) is 8.94. The highest BCUT2D eigenvalue weighted by molar-refractivity contribution is 7.12. The molecular formula is C21H18N6O4S. The molecule has 0 bridgehead atoms. The second-order valence-corrected chi connectivity index (χ2v) is 7.51. The first-order valence-corrected chi connectivity index (χ1v) is 10.5. The van der Waals surface area contributed by atoms with Crippen LogP contribution < -0.4 is 10.3 Å². The van der Waals surface area contributed by atoms with E-state index < -0.39 is 10.5 Å². The fraction of sp³-hybridized carbons (Fsp3) is 0.143. The number of thiazole rings is 1. The van der Waals surface area contributed by atoms with Gasteiger partial charge in [0.05, 0.1) is 28.6 Å². The standard InChI is InChI=1S/C21H18N6O4S/c1-3-31-17-9-7-15(8-10-17)23-24-19-13(2)25-26(20(19)28)21-22-18(12-32-21)14-5-4-6-16(11-14)27(29)30/h4-12,25H,3H2,1-2H3. The summed E-state index contributed by atoms with van der Waals surface area (Å²) < 4.78 is 6.68. The molecule has 0 aliphatic heterocycles. The van der Waals surface area contributed by atoms with Crippen molar-refractivity contribution in [2.45, 2.75) is 13.8 Å². The zero-order valence-corrected chi connectivity index (χ0v) is 18.0. The lowest BCUT2D eigenvalue weighted by Gasteiger charge is -2.01. The Morgan fingerprint density at radius 2 is 2.00 bits per heavy atom. The number of hydrogen-bond donors (Lipinski definition) is 1. The maximum Gasteiger partial charge on any atom is 0.301 e. The van der Waals surface area contributed by atoms with Crippen LogP contribution in [0, 0.1) is 17.0 Å². The third-order valence-corrected chi connectivity index (χ3v) is 5.32. The van der Waals surface area contributed by atoms with Gasteiger partial charge < -0.3 is 4.74 Å². The van der Waals surface area contributed by atoms with Crippen molar-refractivity contribution in [3.8, 4) is 22.1 Å². The molecule has 0 unspecified atom stereocenters. The Balaban J connectivity index is 1.60. The van der Waals surface area contributed by atoms with Crippen LogP contribution in [0.4, 0.5) is 17.1 Å². The van der Waals surface area contributed by atoms with E-state index in [9.17, 15) is 14.9 Å². The lowest BCUT2D eigenvalue weighted by Crippen LogP contribution is -2.13. The first-order valence-electron chi connectivity index (χ1n) is 9.63. The molecule has 11 heteroatoms. The summed E-state index contributed by atoms with van der Waals surface area (Å²) in [5.41, 5.74) is 2.00. The number of nitrogens with zero attached hydrogens (tertiary/aromatic N) is 5. The van der Waals surface area contributed by atoms with Gasteiger partial charge in [-0.1, -0.05) is 12.1 Å². The normalized spacial score (nSPS) is 11.2. The van der Waals surface area contributed by atoms with Crippen molar-refractivity contribution in [2.24, 2.45) is 10.2 Å². The molecule has 32 heavy (non-hydrogen) atoms. The zero-order chi connectivity index (χ0) is 22.7. The van der Waals surface area contributed by atoms with Crippen molar-refractivity contribution in [3.63, 3.8) is 0 Å². The molecule has 10 nitrogen and oxygen atoms in total. The van der Waals surface area contributed by atoms with Crippen molar-refractivity contribution in [1.29, 1.82) is 0 Å². The number of hydrogen-bond acceptors (Lipinski definition) is 8. The minimum absolute atomic E-state index is 0.0260. The van der Waals surface area contributed by atoms with Gasteiger partial charge in [-0.15, -0.1) is 16.5 Å². The Morgan fingerprint density at radius 1 is 1.22 bits per heavy atom. The predicted octanol–water partition coefficient (Wildman–Crippen LogP) is 5.32. The fourth-order valence-corrected chi connectivity index (χ4v) is 3.74. The predicted molar refractivity (Wildman–Crippen MR) is 121 cm³/mol. The van der Waals surface area contributed by atoms with E-state index in [0.29, 0.717) is 34.4 Å². The molecule has 2 aromatic heterocycles. The first kappa shape index (κ1) is 21.1. The number of nitrogens with one attached hydrogen (secondary N) is 1. The number of H-pyrrole nitrogens is 1. The summed E-state index contributed by atoms with van der Waals surface area (Å²) in [5.74, 6) is 0.731. The van der Waals surface area contributed by atoms with Gasteiger partial charge in [-0.25, -0.2) is 4.98 Å². The smallest absolute Gasteiger partial charge is 0.301 e. The average molecular weight is 450 g/mol. The van der Waals surface area contributed by atoms with Crippen LogP contribution in [-0.4, -0.2) is 26.3 Å². The number of azo groups is 1. The molecule has 2 aromatic carbocycles. The van der Waals surface area contributed by atoms with Crippen molar-refractivity contribution in [1.82, 2.24) is 14.8 Å².